The number of imide groups is 1. The van der Waals surface area contributed by atoms with Crippen molar-refractivity contribution >= 4 is 23.5 Å². The molecule has 2 aromatic rings. The van der Waals surface area contributed by atoms with Crippen molar-refractivity contribution in [1.29, 1.82) is 0 Å². The lowest BCUT2D eigenvalue weighted by Gasteiger charge is -2.32. The van der Waals surface area contributed by atoms with Gasteiger partial charge in [-0.15, -0.1) is 0 Å². The first-order valence-electron chi connectivity index (χ1n) is 10.5. The fourth-order valence-corrected chi connectivity index (χ4v) is 5.06. The number of aliphatic carboxylic acids is 1. The minimum atomic E-state index is -1.61. The number of fused-ring (bicyclic) bond motifs is 1. The molecular weight excluding hydrogens is 415 g/mol. The van der Waals surface area contributed by atoms with Gasteiger partial charge in [0.05, 0.1) is 24.6 Å². The summed E-state index contributed by atoms with van der Waals surface area (Å²) in [5.41, 5.74) is -0.687. The van der Waals surface area contributed by atoms with E-state index in [4.69, 9.17) is 4.74 Å². The van der Waals surface area contributed by atoms with E-state index in [-0.39, 0.29) is 18.0 Å². The molecule has 8 heteroatoms. The zero-order valence-corrected chi connectivity index (χ0v) is 18.0. The first-order valence-corrected chi connectivity index (χ1v) is 10.5. The number of amides is 2. The lowest BCUT2D eigenvalue weighted by atomic mass is 9.75. The van der Waals surface area contributed by atoms with E-state index in [0.29, 0.717) is 11.3 Å². The van der Waals surface area contributed by atoms with Gasteiger partial charge in [0.1, 0.15) is 17.1 Å². The second-order valence-corrected chi connectivity index (χ2v) is 8.76. The maximum absolute atomic E-state index is 13.5. The summed E-state index contributed by atoms with van der Waals surface area (Å²) in [4.78, 5) is 40.7. The van der Waals surface area contributed by atoms with Crippen LogP contribution in [0.4, 0.5) is 10.1 Å². The van der Waals surface area contributed by atoms with Crippen LogP contribution < -0.4 is 15.0 Å². The second-order valence-electron chi connectivity index (χ2n) is 8.76. The highest BCUT2D eigenvalue weighted by molar-refractivity contribution is 6.24. The van der Waals surface area contributed by atoms with E-state index in [0.717, 1.165) is 4.90 Å². The number of carboxylic acid groups (broad SMARTS) is 1. The minimum Gasteiger partial charge on any atom is -0.497 e. The van der Waals surface area contributed by atoms with Crippen LogP contribution in [0.15, 0.2) is 48.5 Å². The van der Waals surface area contributed by atoms with Gasteiger partial charge in [0.2, 0.25) is 11.8 Å². The van der Waals surface area contributed by atoms with Gasteiger partial charge in [-0.05, 0) is 54.3 Å². The number of halogens is 1. The van der Waals surface area contributed by atoms with Crippen molar-refractivity contribution in [3.8, 4) is 5.75 Å². The summed E-state index contributed by atoms with van der Waals surface area (Å²) in [7, 11) is 1.54. The van der Waals surface area contributed by atoms with E-state index in [2.05, 4.69) is 5.32 Å². The Labute approximate surface area is 185 Å². The van der Waals surface area contributed by atoms with E-state index in [1.807, 2.05) is 13.8 Å². The van der Waals surface area contributed by atoms with Crippen molar-refractivity contribution < 1.29 is 28.6 Å². The van der Waals surface area contributed by atoms with Gasteiger partial charge in [0.25, 0.3) is 0 Å². The molecule has 7 nitrogen and oxygen atoms in total. The Morgan fingerprint density at radius 2 is 1.75 bits per heavy atom. The number of benzene rings is 2. The summed E-state index contributed by atoms with van der Waals surface area (Å²) in [5.74, 6) is -4.16. The van der Waals surface area contributed by atoms with E-state index in [1.54, 1.807) is 24.3 Å². The molecule has 2 amide bonds. The summed E-state index contributed by atoms with van der Waals surface area (Å²) in [6.45, 7) is 3.75. The smallest absolute Gasteiger partial charge is 0.324 e. The van der Waals surface area contributed by atoms with Crippen molar-refractivity contribution in [2.75, 3.05) is 12.0 Å². The molecule has 2 N–H and O–H groups in total. The number of hydrogen-bond acceptors (Lipinski definition) is 5. The number of carbonyl (C=O) groups is 3. The third-order valence-corrected chi connectivity index (χ3v) is 6.33. The van der Waals surface area contributed by atoms with Crippen molar-refractivity contribution in [2.24, 2.45) is 17.8 Å². The molecule has 2 aliphatic heterocycles. The van der Waals surface area contributed by atoms with Gasteiger partial charge in [0.15, 0.2) is 0 Å². The van der Waals surface area contributed by atoms with Gasteiger partial charge >= 0.3 is 5.97 Å². The molecule has 4 unspecified atom stereocenters. The van der Waals surface area contributed by atoms with Crippen LogP contribution in [0.1, 0.15) is 31.9 Å². The van der Waals surface area contributed by atoms with E-state index in [1.165, 1.54) is 31.4 Å². The first-order chi connectivity index (χ1) is 15.2. The van der Waals surface area contributed by atoms with E-state index < -0.39 is 47.0 Å². The number of rotatable bonds is 6. The summed E-state index contributed by atoms with van der Waals surface area (Å²) in [6, 6.07) is 11.4. The number of carbonyl (C=O) groups excluding carboxylic acids is 2. The van der Waals surface area contributed by atoms with Crippen molar-refractivity contribution in [2.45, 2.75) is 31.8 Å². The third kappa shape index (κ3) is 3.35. The summed E-state index contributed by atoms with van der Waals surface area (Å²) in [5, 5.41) is 13.5. The Morgan fingerprint density at radius 3 is 2.28 bits per heavy atom. The van der Waals surface area contributed by atoms with Gasteiger partial charge in [0, 0.05) is 6.04 Å². The number of methoxy groups -OCH3 is 1. The van der Waals surface area contributed by atoms with Gasteiger partial charge in [-0.1, -0.05) is 26.0 Å². The largest absolute Gasteiger partial charge is 0.497 e. The fourth-order valence-electron chi connectivity index (χ4n) is 5.06. The molecule has 0 spiro atoms. The zero-order chi connectivity index (χ0) is 23.2. The lowest BCUT2D eigenvalue weighted by molar-refractivity contribution is -0.149. The molecule has 32 heavy (non-hydrogen) atoms. The van der Waals surface area contributed by atoms with E-state index in [9.17, 15) is 23.9 Å². The Kier molecular flexibility index (Phi) is 5.50. The Hall–Kier alpha value is -3.26. The highest BCUT2D eigenvalue weighted by atomic mass is 19.1. The molecule has 4 atom stereocenters. The highest BCUT2D eigenvalue weighted by Crippen LogP contribution is 2.51. The van der Waals surface area contributed by atoms with Crippen LogP contribution in [0.2, 0.25) is 0 Å². The highest BCUT2D eigenvalue weighted by Gasteiger charge is 2.68. The topological polar surface area (TPSA) is 95.9 Å². The molecule has 168 valence electrons. The predicted octanol–water partition coefficient (Wildman–Crippen LogP) is 3.15. The van der Waals surface area contributed by atoms with Crippen molar-refractivity contribution in [1.82, 2.24) is 5.32 Å². The molecular formula is C24H25FN2O5. The van der Waals surface area contributed by atoms with Crippen LogP contribution in [0.5, 0.6) is 5.75 Å². The monoisotopic (exact) mass is 440 g/mol. The van der Waals surface area contributed by atoms with Crippen LogP contribution >= 0.6 is 0 Å². The Balaban J connectivity index is 1.84. The van der Waals surface area contributed by atoms with E-state index >= 15 is 0 Å². The van der Waals surface area contributed by atoms with Crippen molar-refractivity contribution in [3.63, 3.8) is 0 Å². The van der Waals surface area contributed by atoms with Crippen LogP contribution in [0.3, 0.4) is 0 Å². The molecule has 2 aromatic carbocycles. The van der Waals surface area contributed by atoms with Crippen LogP contribution in [-0.4, -0.2) is 35.5 Å². The molecule has 2 fully saturated rings. The molecule has 0 aliphatic carbocycles. The molecule has 4 rings (SSSR count). The number of carboxylic acids is 1. The van der Waals surface area contributed by atoms with Crippen LogP contribution in [-0.2, 0) is 14.4 Å². The molecule has 0 radical (unpaired) electrons. The summed E-state index contributed by atoms with van der Waals surface area (Å²) >= 11 is 0. The molecule has 0 bridgehead atoms. The first kappa shape index (κ1) is 22.0. The average Bonchev–Trinajstić information content (AvgIpc) is 3.23. The van der Waals surface area contributed by atoms with Crippen LogP contribution in [0.25, 0.3) is 0 Å². The molecule has 2 saturated heterocycles. The lowest BCUT2D eigenvalue weighted by Crippen LogP contribution is -2.56. The fraction of sp³-hybridized carbons (Fsp3) is 0.375. The zero-order valence-electron chi connectivity index (χ0n) is 18.0. The molecule has 0 aromatic heterocycles. The number of ether oxygens (including phenoxy) is 1. The third-order valence-electron chi connectivity index (χ3n) is 6.33. The second kappa shape index (κ2) is 8.02. The predicted molar refractivity (Wildman–Crippen MR) is 115 cm³/mol. The summed E-state index contributed by atoms with van der Waals surface area (Å²) < 4.78 is 18.6. The average molecular weight is 440 g/mol. The normalized spacial score (nSPS) is 27.2. The van der Waals surface area contributed by atoms with Gasteiger partial charge in [-0.2, -0.15) is 0 Å². The Bertz CT molecular complexity index is 1050. The maximum atomic E-state index is 13.5. The number of nitrogens with one attached hydrogen (secondary N) is 1. The number of nitrogens with zero attached hydrogens (tertiary/aromatic N) is 1. The number of hydrogen-bond donors (Lipinski definition) is 2. The maximum Gasteiger partial charge on any atom is 0.324 e. The molecule has 0 saturated carbocycles. The number of anilines is 1. The quantitative estimate of drug-likeness (QED) is 0.670. The SMILES string of the molecule is COc1ccc(C2NC(CC(C)C)(C(=O)O)C3C(=O)N(c4ccc(F)cc4)C(=O)C23)cc1. The minimum absolute atomic E-state index is 0.0448. The summed E-state index contributed by atoms with van der Waals surface area (Å²) in [6.07, 6.45) is 0.173. The van der Waals surface area contributed by atoms with Gasteiger partial charge < -0.3 is 9.84 Å². The Morgan fingerprint density at radius 1 is 1.12 bits per heavy atom. The molecule has 2 heterocycles. The van der Waals surface area contributed by atoms with Gasteiger partial charge in [-0.3, -0.25) is 19.7 Å². The standard InChI is InChI=1S/C24H25FN2O5/c1-13(2)12-24(23(30)31)19-18(20(26-24)14-4-10-17(32-3)11-5-14)21(28)27(22(19)29)16-8-6-15(25)7-9-16/h4-11,13,18-20,26H,12H2,1-3H3,(H,30,31). The van der Waals surface area contributed by atoms with Gasteiger partial charge in [-0.25, -0.2) is 9.29 Å². The van der Waals surface area contributed by atoms with Crippen LogP contribution in [0, 0.1) is 23.6 Å². The van der Waals surface area contributed by atoms with Crippen molar-refractivity contribution in [3.05, 3.63) is 59.9 Å². The molecule has 2 aliphatic rings.